The Balaban J connectivity index is 2.03. The molecule has 0 saturated carbocycles. The average molecular weight is 430 g/mol. The number of nitrogens with zero attached hydrogens (tertiary/aromatic N) is 2. The number of ether oxygens (including phenoxy) is 2. The van der Waals surface area contributed by atoms with Gasteiger partial charge in [0.2, 0.25) is 5.90 Å². The fourth-order valence-electron chi connectivity index (χ4n) is 2.54. The van der Waals surface area contributed by atoms with Crippen molar-refractivity contribution in [1.82, 2.24) is 9.97 Å². The summed E-state index contributed by atoms with van der Waals surface area (Å²) < 4.78 is 49.7. The number of carbonyl (C=O) groups is 1. The molecule has 0 amide bonds. The van der Waals surface area contributed by atoms with Gasteiger partial charge in [-0.2, -0.15) is 18.2 Å². The van der Waals surface area contributed by atoms with Crippen LogP contribution in [0.4, 0.5) is 13.2 Å². The van der Waals surface area contributed by atoms with Crippen molar-refractivity contribution in [2.24, 2.45) is 4.99 Å². The molecule has 0 fully saturated rings. The van der Waals surface area contributed by atoms with Crippen LogP contribution in [0.25, 0.3) is 0 Å². The summed E-state index contributed by atoms with van der Waals surface area (Å²) in [5.74, 6) is -1.09. The van der Waals surface area contributed by atoms with Crippen molar-refractivity contribution >= 4 is 17.7 Å². The van der Waals surface area contributed by atoms with Gasteiger partial charge >= 0.3 is 12.1 Å². The lowest BCUT2D eigenvalue weighted by atomic mass is 10.2. The van der Waals surface area contributed by atoms with E-state index in [0.29, 0.717) is 5.75 Å². The van der Waals surface area contributed by atoms with Gasteiger partial charge in [-0.1, -0.05) is 24.3 Å². The number of benzene rings is 1. The minimum atomic E-state index is -4.67. The number of alkyl halides is 3. The lowest BCUT2D eigenvalue weighted by Gasteiger charge is -2.11. The summed E-state index contributed by atoms with van der Waals surface area (Å²) in [5, 5.41) is 8.16. The predicted octanol–water partition coefficient (Wildman–Crippen LogP) is 4.46. The van der Waals surface area contributed by atoms with Crippen LogP contribution in [0.1, 0.15) is 34.4 Å². The van der Waals surface area contributed by atoms with Crippen molar-refractivity contribution in [3.63, 3.8) is 0 Å². The Bertz CT molecular complexity index is 1110. The second-order valence-electron chi connectivity index (χ2n) is 6.07. The maximum atomic E-state index is 13.0. The maximum Gasteiger partial charge on any atom is 0.433 e. The number of nitrogens with one attached hydrogen (secondary N) is 2. The van der Waals surface area contributed by atoms with E-state index in [9.17, 15) is 18.0 Å². The van der Waals surface area contributed by atoms with Crippen LogP contribution in [0.5, 0.6) is 5.75 Å². The van der Waals surface area contributed by atoms with E-state index in [1.807, 2.05) is 0 Å². The third-order valence-electron chi connectivity index (χ3n) is 3.91. The highest BCUT2D eigenvalue weighted by Gasteiger charge is 2.32. The molecule has 0 aliphatic rings. The summed E-state index contributed by atoms with van der Waals surface area (Å²) in [6.07, 6.45) is -3.21. The zero-order valence-corrected chi connectivity index (χ0v) is 16.2. The van der Waals surface area contributed by atoms with Crippen molar-refractivity contribution in [1.29, 1.82) is 5.41 Å². The number of H-pyrrole nitrogens is 1. The molecule has 7 nitrogen and oxygen atoms in total. The first kappa shape index (κ1) is 21.8. The molecule has 0 aliphatic carbocycles. The largest absolute Gasteiger partial charge is 0.462 e. The fourth-order valence-corrected chi connectivity index (χ4v) is 2.54. The van der Waals surface area contributed by atoms with Crippen LogP contribution in [0.3, 0.4) is 0 Å². The van der Waals surface area contributed by atoms with Gasteiger partial charge < -0.3 is 14.5 Å². The van der Waals surface area contributed by atoms with Crippen LogP contribution in [-0.2, 0) is 10.9 Å². The molecule has 160 valence electrons. The van der Waals surface area contributed by atoms with Gasteiger partial charge in [-0.15, -0.1) is 0 Å². The molecule has 0 radical (unpaired) electrons. The van der Waals surface area contributed by atoms with Crippen LogP contribution in [0, 0.1) is 5.41 Å². The highest BCUT2D eigenvalue weighted by atomic mass is 19.4. The van der Waals surface area contributed by atoms with Gasteiger partial charge in [0.15, 0.2) is 5.84 Å². The first-order chi connectivity index (χ1) is 14.8. The minimum Gasteiger partial charge on any atom is -0.462 e. The second-order valence-corrected chi connectivity index (χ2v) is 6.07. The van der Waals surface area contributed by atoms with Gasteiger partial charge in [0.05, 0.1) is 12.2 Å². The molecule has 2 heterocycles. The predicted molar refractivity (Wildman–Crippen MR) is 106 cm³/mol. The molecule has 0 bridgehead atoms. The fraction of sp³-hybridized carbons (Fsp3) is 0.143. The lowest BCUT2D eigenvalue weighted by molar-refractivity contribution is -0.141. The average Bonchev–Trinajstić information content (AvgIpc) is 3.24. The van der Waals surface area contributed by atoms with E-state index in [1.54, 1.807) is 37.3 Å². The Kier molecular flexibility index (Phi) is 6.49. The number of halogens is 3. The Labute approximate surface area is 175 Å². The van der Waals surface area contributed by atoms with Crippen molar-refractivity contribution in [3.05, 3.63) is 83.4 Å². The zero-order chi connectivity index (χ0) is 22.4. The van der Waals surface area contributed by atoms with Crippen LogP contribution in [-0.4, -0.2) is 34.3 Å². The monoisotopic (exact) mass is 430 g/mol. The zero-order valence-electron chi connectivity index (χ0n) is 16.2. The number of aromatic amines is 1. The molecule has 3 aromatic rings. The molecule has 2 aromatic heterocycles. The van der Waals surface area contributed by atoms with Crippen molar-refractivity contribution < 1.29 is 27.4 Å². The third-order valence-corrected chi connectivity index (χ3v) is 3.91. The van der Waals surface area contributed by atoms with Gasteiger partial charge in [-0.05, 0) is 37.3 Å². The minimum absolute atomic E-state index is 0.0985. The van der Waals surface area contributed by atoms with Crippen molar-refractivity contribution in [3.8, 4) is 5.75 Å². The smallest absolute Gasteiger partial charge is 0.433 e. The van der Waals surface area contributed by atoms with Crippen LogP contribution in [0.2, 0.25) is 0 Å². The molecule has 0 spiro atoms. The quantitative estimate of drug-likeness (QED) is 0.355. The summed E-state index contributed by atoms with van der Waals surface area (Å²) in [7, 11) is 0. The van der Waals surface area contributed by atoms with Gasteiger partial charge in [-0.3, -0.25) is 5.41 Å². The summed E-state index contributed by atoms with van der Waals surface area (Å²) in [6, 6.07) is 13.0. The van der Waals surface area contributed by atoms with Gasteiger partial charge in [-0.25, -0.2) is 9.78 Å². The molecule has 31 heavy (non-hydrogen) atoms. The topological polar surface area (TPSA) is 100 Å². The number of hydrogen-bond donors (Lipinski definition) is 2. The molecule has 0 unspecified atom stereocenters. The van der Waals surface area contributed by atoms with Crippen molar-refractivity contribution in [2.75, 3.05) is 6.61 Å². The van der Waals surface area contributed by atoms with Crippen LogP contribution < -0.4 is 4.74 Å². The summed E-state index contributed by atoms with van der Waals surface area (Å²) in [4.78, 5) is 22.5. The van der Waals surface area contributed by atoms with Crippen LogP contribution in [0.15, 0.2) is 65.8 Å². The first-order valence-corrected chi connectivity index (χ1v) is 9.09. The number of carbonyl (C=O) groups excluding carboxylic acids is 1. The Morgan fingerprint density at radius 1 is 1.13 bits per heavy atom. The normalized spacial score (nSPS) is 11.8. The Morgan fingerprint density at radius 3 is 2.55 bits per heavy atom. The van der Waals surface area contributed by atoms with E-state index in [-0.39, 0.29) is 29.5 Å². The van der Waals surface area contributed by atoms with E-state index in [0.717, 1.165) is 12.1 Å². The highest BCUT2D eigenvalue weighted by Crippen LogP contribution is 2.27. The number of aromatic nitrogens is 2. The molecule has 0 saturated heterocycles. The number of para-hydroxylation sites is 1. The number of hydrogen-bond acceptors (Lipinski definition) is 5. The number of pyridine rings is 1. The summed E-state index contributed by atoms with van der Waals surface area (Å²) >= 11 is 0. The van der Waals surface area contributed by atoms with E-state index < -0.39 is 23.7 Å². The number of amidine groups is 1. The molecular weight excluding hydrogens is 413 g/mol. The summed E-state index contributed by atoms with van der Waals surface area (Å²) in [6.45, 7) is 1.79. The molecule has 3 rings (SSSR count). The van der Waals surface area contributed by atoms with E-state index in [4.69, 9.17) is 14.9 Å². The van der Waals surface area contributed by atoms with Gasteiger partial charge in [0.25, 0.3) is 0 Å². The summed E-state index contributed by atoms with van der Waals surface area (Å²) in [5.41, 5.74) is -1.25. The lowest BCUT2D eigenvalue weighted by Crippen LogP contribution is -2.19. The highest BCUT2D eigenvalue weighted by molar-refractivity contribution is 6.11. The SMILES string of the molecule is CCOC(=O)c1cc[nH]c1/C(=N\C(=N)c1cccc(C(F)(F)F)n1)Oc1ccccc1. The first-order valence-electron chi connectivity index (χ1n) is 9.09. The molecule has 10 heteroatoms. The molecular formula is C21H17F3N4O3. The van der Waals surface area contributed by atoms with E-state index >= 15 is 0 Å². The van der Waals surface area contributed by atoms with Crippen LogP contribution >= 0.6 is 0 Å². The van der Waals surface area contributed by atoms with Gasteiger partial charge in [0, 0.05) is 6.20 Å². The molecule has 0 aliphatic heterocycles. The van der Waals surface area contributed by atoms with Gasteiger partial charge in [0.1, 0.15) is 22.8 Å². The van der Waals surface area contributed by atoms with E-state index in [2.05, 4.69) is 15.0 Å². The Hall–Kier alpha value is -3.95. The maximum absolute atomic E-state index is 13.0. The second kappa shape index (κ2) is 9.24. The molecule has 0 atom stereocenters. The van der Waals surface area contributed by atoms with E-state index in [1.165, 1.54) is 18.3 Å². The number of esters is 1. The third kappa shape index (κ3) is 5.35. The standard InChI is InChI=1S/C21H17F3N4O3/c1-2-30-20(29)14-11-12-26-17(14)19(31-13-7-4-3-5-8-13)28-18(25)15-9-6-10-16(27-15)21(22,23)24/h3-12,25-26H,2H2,1H3/b25-18?,28-19+. The Morgan fingerprint density at radius 2 is 1.87 bits per heavy atom. The molecule has 2 N–H and O–H groups in total. The van der Waals surface area contributed by atoms with Crippen molar-refractivity contribution in [2.45, 2.75) is 13.1 Å². The molecule has 1 aromatic carbocycles. The number of rotatable bonds is 5. The number of aliphatic imine (C=N–C) groups is 1.